The number of rotatable bonds is 9. The van der Waals surface area contributed by atoms with Crippen molar-refractivity contribution < 1.29 is 69.6 Å². The van der Waals surface area contributed by atoms with Gasteiger partial charge < -0.3 is 69.6 Å². The Kier molecular flexibility index (Phi) is 11.5. The zero-order valence-corrected chi connectivity index (χ0v) is 31.9. The number of ether oxygens (including phenoxy) is 5. The van der Waals surface area contributed by atoms with Crippen molar-refractivity contribution in [2.45, 2.75) is 178 Å². The number of fused-ring (bicyclic) bond motifs is 7. The minimum atomic E-state index is -1.74. The van der Waals surface area contributed by atoms with Crippen molar-refractivity contribution in [3.63, 3.8) is 0 Å². The highest BCUT2D eigenvalue weighted by molar-refractivity contribution is 5.18. The van der Waals surface area contributed by atoms with Gasteiger partial charge in [-0.2, -0.15) is 0 Å². The lowest BCUT2D eigenvalue weighted by Gasteiger charge is -2.61. The average Bonchev–Trinajstić information content (AvgIpc) is 3.52. The van der Waals surface area contributed by atoms with Crippen LogP contribution in [-0.4, -0.2) is 145 Å². The molecule has 7 aliphatic rings. The molecule has 7 rings (SSSR count). The number of hydrogen-bond acceptors (Lipinski definition) is 14. The summed E-state index contributed by atoms with van der Waals surface area (Å²) in [6.45, 7) is 9.90. The van der Waals surface area contributed by atoms with Crippen LogP contribution >= 0.6 is 0 Å². The second kappa shape index (κ2) is 15.0. The molecule has 14 heteroatoms. The molecule has 14 nitrogen and oxygen atoms in total. The van der Waals surface area contributed by atoms with Gasteiger partial charge >= 0.3 is 0 Å². The van der Waals surface area contributed by atoms with E-state index in [-0.39, 0.29) is 40.8 Å². The fourth-order valence-corrected chi connectivity index (χ4v) is 12.7. The lowest BCUT2D eigenvalue weighted by Crippen LogP contribution is -2.65. The first kappa shape index (κ1) is 40.6. The lowest BCUT2D eigenvalue weighted by atomic mass is 9.44. The van der Waals surface area contributed by atoms with Gasteiger partial charge in [0.15, 0.2) is 18.4 Å². The maximum atomic E-state index is 12.0. The summed E-state index contributed by atoms with van der Waals surface area (Å²) >= 11 is 0. The largest absolute Gasteiger partial charge is 0.394 e. The van der Waals surface area contributed by atoms with Gasteiger partial charge in [-0.25, -0.2) is 0 Å². The van der Waals surface area contributed by atoms with Gasteiger partial charge in [-0.05, 0) is 91.8 Å². The molecule has 0 unspecified atom stereocenters. The maximum Gasteiger partial charge on any atom is 0.187 e. The summed E-state index contributed by atoms with van der Waals surface area (Å²) in [4.78, 5) is 0. The van der Waals surface area contributed by atoms with Gasteiger partial charge in [-0.3, -0.25) is 0 Å². The van der Waals surface area contributed by atoms with E-state index < -0.39 is 86.5 Å². The quantitative estimate of drug-likeness (QED) is 0.145. The number of hydrogen-bond donors (Lipinski definition) is 9. The Morgan fingerprint density at radius 1 is 0.717 bits per heavy atom. The summed E-state index contributed by atoms with van der Waals surface area (Å²) in [6.07, 6.45) is -8.50. The van der Waals surface area contributed by atoms with Crippen LogP contribution < -0.4 is 0 Å². The molecule has 3 aliphatic heterocycles. The summed E-state index contributed by atoms with van der Waals surface area (Å²) < 4.78 is 30.4. The molecule has 3 saturated heterocycles. The van der Waals surface area contributed by atoms with E-state index in [1.54, 1.807) is 0 Å². The highest BCUT2D eigenvalue weighted by Gasteiger charge is 2.71. The Bertz CT molecular complexity index is 1270. The van der Waals surface area contributed by atoms with Gasteiger partial charge in [0.05, 0.1) is 31.5 Å². The van der Waals surface area contributed by atoms with Crippen LogP contribution in [0.25, 0.3) is 0 Å². The van der Waals surface area contributed by atoms with Crippen molar-refractivity contribution in [3.05, 3.63) is 0 Å². The fourth-order valence-electron chi connectivity index (χ4n) is 12.7. The van der Waals surface area contributed by atoms with E-state index in [0.717, 1.165) is 38.5 Å². The predicted molar refractivity (Wildman–Crippen MR) is 186 cm³/mol. The molecule has 0 bridgehead atoms. The van der Waals surface area contributed by atoms with Crippen LogP contribution in [0.5, 0.6) is 0 Å². The Balaban J connectivity index is 1.04. The van der Waals surface area contributed by atoms with Gasteiger partial charge in [0.2, 0.25) is 0 Å². The van der Waals surface area contributed by atoms with Gasteiger partial charge in [0.1, 0.15) is 48.8 Å². The minimum absolute atomic E-state index is 0.00892. The van der Waals surface area contributed by atoms with E-state index in [2.05, 4.69) is 34.6 Å². The molecule has 0 spiro atoms. The van der Waals surface area contributed by atoms with Crippen molar-refractivity contribution in [2.75, 3.05) is 13.2 Å². The van der Waals surface area contributed by atoms with Gasteiger partial charge in [0, 0.05) is 18.3 Å². The van der Waals surface area contributed by atoms with Crippen LogP contribution in [0.15, 0.2) is 0 Å². The molecule has 0 aromatic heterocycles. The molecule has 0 aromatic rings. The molecule has 53 heavy (non-hydrogen) atoms. The molecular weight excluding hydrogens is 692 g/mol. The Hall–Kier alpha value is -0.560. The Morgan fingerprint density at radius 2 is 1.36 bits per heavy atom. The number of aliphatic hydroxyl groups is 9. The predicted octanol–water partition coefficient (Wildman–Crippen LogP) is 0.395. The van der Waals surface area contributed by atoms with Crippen molar-refractivity contribution in [3.8, 4) is 0 Å². The van der Waals surface area contributed by atoms with Crippen molar-refractivity contribution >= 4 is 0 Å². The van der Waals surface area contributed by atoms with E-state index in [1.807, 2.05) is 0 Å². The van der Waals surface area contributed by atoms with Crippen LogP contribution in [0.2, 0.25) is 0 Å². The average molecular weight is 759 g/mol. The molecule has 22 atom stereocenters. The molecule has 9 N–H and O–H groups in total. The molecule has 0 radical (unpaired) electrons. The zero-order chi connectivity index (χ0) is 38.4. The minimum Gasteiger partial charge on any atom is -0.394 e. The fraction of sp³-hybridized carbons (Fsp3) is 1.00. The number of aliphatic hydroxyl groups excluding tert-OH is 8. The van der Waals surface area contributed by atoms with Crippen molar-refractivity contribution in [1.82, 2.24) is 0 Å². The second-order valence-corrected chi connectivity index (χ2v) is 18.8. The maximum absolute atomic E-state index is 12.0. The van der Waals surface area contributed by atoms with Crippen molar-refractivity contribution in [2.24, 2.45) is 52.3 Å². The highest BCUT2D eigenvalue weighted by Crippen LogP contribution is 2.71. The van der Waals surface area contributed by atoms with E-state index in [1.165, 1.54) is 0 Å². The van der Waals surface area contributed by atoms with Gasteiger partial charge in [-0.15, -0.1) is 0 Å². The summed E-state index contributed by atoms with van der Waals surface area (Å²) in [6, 6.07) is 0. The zero-order valence-electron chi connectivity index (χ0n) is 31.9. The van der Waals surface area contributed by atoms with Crippen LogP contribution in [0, 0.1) is 52.3 Å². The molecule has 3 heterocycles. The molecule has 4 aliphatic carbocycles. The molecule has 0 aromatic carbocycles. The second-order valence-electron chi connectivity index (χ2n) is 18.8. The highest BCUT2D eigenvalue weighted by atomic mass is 16.8. The third kappa shape index (κ3) is 6.66. The summed E-state index contributed by atoms with van der Waals surface area (Å²) in [5, 5.41) is 96.3. The van der Waals surface area contributed by atoms with Crippen LogP contribution in [0.4, 0.5) is 0 Å². The van der Waals surface area contributed by atoms with Crippen LogP contribution in [0.1, 0.15) is 92.4 Å². The van der Waals surface area contributed by atoms with Crippen molar-refractivity contribution in [1.29, 1.82) is 0 Å². The first-order valence-electron chi connectivity index (χ1n) is 20.3. The molecule has 0 amide bonds. The normalized spacial score (nSPS) is 56.8. The standard InChI is InChI=1S/C39H66O14/c1-17(2)8-13-39(48)18(3)25-33(53-39)29(44)26-21-7-6-19-14-20(9-11-37(19,4)22(21)10-12-38(25,26)5)49-36-34(31(46)28(43)24(16-41)51-36)52-35-32(47)30(45)27(42)23(15-40)50-35/h17-36,40-48H,6-16H2,1-5H3/t18-,19+,20-,21+,22-,23+,24+,25-,26+,27+,28-,29-,30-,31-,32+,33+,34+,35-,36+,37-,38+,39-/m0/s1. The first-order valence-corrected chi connectivity index (χ1v) is 20.3. The summed E-state index contributed by atoms with van der Waals surface area (Å²) in [7, 11) is 0. The monoisotopic (exact) mass is 758 g/mol. The Morgan fingerprint density at radius 3 is 2.02 bits per heavy atom. The van der Waals surface area contributed by atoms with Crippen LogP contribution in [0.3, 0.4) is 0 Å². The van der Waals surface area contributed by atoms with Gasteiger partial charge in [0.25, 0.3) is 0 Å². The molecular formula is C39H66O14. The SMILES string of the molecule is CC(C)CC[C@]1(O)O[C@H]2[C@@H](O)[C@H]3[C@@H]4CC[C@@H]5C[C@@H](O[C@@H]6O[C@H](CO)[C@H](O)[C@H](O)[C@H]6O[C@@H]6O[C@H](CO)[C@@H](O)[C@H](O)[C@H]6O)CC[C@]5(C)[C@H]4CC[C@]3(C)[C@H]2[C@@H]1C. The smallest absolute Gasteiger partial charge is 0.187 e. The molecule has 4 saturated carbocycles. The third-order valence-corrected chi connectivity index (χ3v) is 15.7. The first-order chi connectivity index (χ1) is 25.0. The van der Waals surface area contributed by atoms with Crippen LogP contribution in [-0.2, 0) is 23.7 Å². The Labute approximate surface area is 312 Å². The van der Waals surface area contributed by atoms with E-state index in [9.17, 15) is 46.0 Å². The molecule has 306 valence electrons. The van der Waals surface area contributed by atoms with Gasteiger partial charge in [-0.1, -0.05) is 34.6 Å². The summed E-state index contributed by atoms with van der Waals surface area (Å²) in [5.41, 5.74) is -0.117. The topological polar surface area (TPSA) is 228 Å². The molecule has 7 fully saturated rings. The lowest BCUT2D eigenvalue weighted by molar-refractivity contribution is -0.373. The van der Waals surface area contributed by atoms with E-state index in [0.29, 0.717) is 42.9 Å². The van der Waals surface area contributed by atoms with E-state index in [4.69, 9.17) is 23.7 Å². The third-order valence-electron chi connectivity index (χ3n) is 15.7. The van der Waals surface area contributed by atoms with E-state index >= 15 is 0 Å². The summed E-state index contributed by atoms with van der Waals surface area (Å²) in [5.74, 6) is 0.445.